The van der Waals surface area contributed by atoms with Crippen LogP contribution in [0.1, 0.15) is 96.0 Å². The van der Waals surface area contributed by atoms with Gasteiger partial charge in [-0.2, -0.15) is 0 Å². The van der Waals surface area contributed by atoms with Crippen LogP contribution in [0.4, 0.5) is 0 Å². The predicted octanol–water partition coefficient (Wildman–Crippen LogP) is -0.528. The summed E-state index contributed by atoms with van der Waals surface area (Å²) in [5, 5.41) is 19.0. The average molecular weight is 896 g/mol. The molecule has 0 unspecified atom stereocenters. The van der Waals surface area contributed by atoms with Crippen molar-refractivity contribution in [2.75, 3.05) is 26.2 Å². The monoisotopic (exact) mass is 896 g/mol. The van der Waals surface area contributed by atoms with Gasteiger partial charge < -0.3 is 48.3 Å². The van der Waals surface area contributed by atoms with Gasteiger partial charge in [-0.05, 0) is 68.1 Å². The van der Waals surface area contributed by atoms with Gasteiger partial charge in [-0.1, -0.05) is 80.6 Å². The van der Waals surface area contributed by atoms with Gasteiger partial charge in [-0.3, -0.25) is 43.5 Å². The van der Waals surface area contributed by atoms with Crippen molar-refractivity contribution in [3.63, 3.8) is 0 Å². The fraction of sp³-hybridized carbons (Fsp3) is 0.553. The fourth-order valence-electron chi connectivity index (χ4n) is 9.36. The highest BCUT2D eigenvalue weighted by Gasteiger charge is 2.40. The molecule has 0 radical (unpaired) electrons. The van der Waals surface area contributed by atoms with E-state index in [-0.39, 0.29) is 63.6 Å². The molecule has 3 aliphatic heterocycles. The number of fused-ring (bicyclic) bond motifs is 2. The number of benzene rings is 2. The van der Waals surface area contributed by atoms with E-state index < -0.39 is 77.6 Å². The predicted molar refractivity (Wildman–Crippen MR) is 244 cm³/mol. The van der Waals surface area contributed by atoms with Crippen molar-refractivity contribution in [1.82, 2.24) is 36.8 Å². The van der Waals surface area contributed by atoms with Crippen LogP contribution in [0, 0.1) is 5.92 Å². The first kappa shape index (κ1) is 48.1. The van der Waals surface area contributed by atoms with Crippen LogP contribution in [0.25, 0.3) is 5.57 Å². The quantitative estimate of drug-likeness (QED) is 0.0729. The van der Waals surface area contributed by atoms with Gasteiger partial charge in [0, 0.05) is 44.6 Å². The minimum absolute atomic E-state index is 0.0705. The topological polar surface area (TPSA) is 272 Å². The highest BCUT2D eigenvalue weighted by molar-refractivity contribution is 5.97. The number of nitrogens with two attached hydrogens (primary N) is 2. The number of hydrogen-bond donors (Lipinski definition) is 8. The van der Waals surface area contributed by atoms with E-state index in [0.29, 0.717) is 32.2 Å². The van der Waals surface area contributed by atoms with Crippen molar-refractivity contribution in [2.45, 2.75) is 133 Å². The van der Waals surface area contributed by atoms with Crippen LogP contribution in [-0.4, -0.2) is 115 Å². The van der Waals surface area contributed by atoms with Gasteiger partial charge in [0.25, 0.3) is 0 Å². The third-order valence-corrected chi connectivity index (χ3v) is 12.7. The zero-order chi connectivity index (χ0) is 46.3. The first-order valence-corrected chi connectivity index (χ1v) is 23.1. The molecule has 4 aliphatic rings. The lowest BCUT2D eigenvalue weighted by atomic mass is 9.84. The Hall–Kier alpha value is -6.33. The average Bonchev–Trinajstić information content (AvgIpc) is 3.95. The molecule has 0 aromatic heterocycles. The largest absolute Gasteiger partial charge is 0.370 e. The molecule has 350 valence electrons. The van der Waals surface area contributed by atoms with Crippen molar-refractivity contribution in [2.24, 2.45) is 27.4 Å². The molecule has 7 amide bonds. The van der Waals surface area contributed by atoms with E-state index in [1.165, 1.54) is 11.8 Å². The second-order valence-corrected chi connectivity index (χ2v) is 17.6. The van der Waals surface area contributed by atoms with Crippen LogP contribution in [-0.2, 0) is 40.0 Å². The molecule has 0 bridgehead atoms. The summed E-state index contributed by atoms with van der Waals surface area (Å²) in [5.41, 5.74) is 12.7. The number of guanidine groups is 1. The normalized spacial score (nSPS) is 24.1. The molecule has 65 heavy (non-hydrogen) atoms. The molecular weight excluding hydrogens is 831 g/mol. The Morgan fingerprint density at radius 1 is 0.815 bits per heavy atom. The van der Waals surface area contributed by atoms with Gasteiger partial charge in [-0.25, -0.2) is 0 Å². The van der Waals surface area contributed by atoms with Gasteiger partial charge >= 0.3 is 0 Å². The van der Waals surface area contributed by atoms with Gasteiger partial charge in [0.2, 0.25) is 41.4 Å². The molecule has 6 atom stereocenters. The van der Waals surface area contributed by atoms with Crippen molar-refractivity contribution in [1.29, 1.82) is 0 Å². The summed E-state index contributed by atoms with van der Waals surface area (Å²) in [4.78, 5) is 108. The Morgan fingerprint density at radius 3 is 2.28 bits per heavy atom. The number of para-hydroxylation sites is 1. The Bertz CT molecular complexity index is 2190. The molecule has 1 saturated carbocycles. The molecule has 0 spiro atoms. The molecule has 18 nitrogen and oxygen atoms in total. The molecule has 1 aliphatic carbocycles. The third kappa shape index (κ3) is 13.8. The summed E-state index contributed by atoms with van der Waals surface area (Å²) >= 11 is 0. The van der Waals surface area contributed by atoms with Crippen LogP contribution in [0.3, 0.4) is 0 Å². The van der Waals surface area contributed by atoms with Crippen LogP contribution >= 0.6 is 0 Å². The van der Waals surface area contributed by atoms with E-state index in [1.54, 1.807) is 0 Å². The number of rotatable bonds is 13. The number of hydrogen-bond acceptors (Lipinski definition) is 9. The van der Waals surface area contributed by atoms with E-state index in [0.717, 1.165) is 53.8 Å². The number of nitrogens with zero attached hydrogens (tertiary/aromatic N) is 3. The van der Waals surface area contributed by atoms with Crippen LogP contribution < -0.4 is 53.9 Å². The SMILES string of the molecule is CC(=O)N[C@H](Cc1ccccc1)C(=O)N[C@@H]1CCCNC(=O)[C@H](CCCN=C(N)N)NC(=O)[C@H](CC2=c3ccccc3=NC2)NC(=O)[C@@H](CC2CCCCC2)NC(=O)[C@@H]2CCCN2C1=O. The van der Waals surface area contributed by atoms with E-state index in [1.807, 2.05) is 54.6 Å². The summed E-state index contributed by atoms with van der Waals surface area (Å²) < 4.78 is 0. The number of nitrogens with one attached hydrogen (secondary N) is 6. The van der Waals surface area contributed by atoms with Crippen molar-refractivity contribution in [3.05, 3.63) is 70.7 Å². The lowest BCUT2D eigenvalue weighted by Gasteiger charge is -2.32. The van der Waals surface area contributed by atoms with Crippen molar-refractivity contribution >= 4 is 52.9 Å². The summed E-state index contributed by atoms with van der Waals surface area (Å²) in [6.07, 6.45) is 7.12. The van der Waals surface area contributed by atoms with E-state index in [9.17, 15) is 33.6 Å². The Labute approximate surface area is 379 Å². The maximum atomic E-state index is 14.6. The zero-order valence-corrected chi connectivity index (χ0v) is 37.3. The molecule has 18 heteroatoms. The number of aliphatic imine (C=N–C) groups is 1. The van der Waals surface area contributed by atoms with Crippen LogP contribution in [0.5, 0.6) is 0 Å². The first-order valence-electron chi connectivity index (χ1n) is 23.1. The molecule has 10 N–H and O–H groups in total. The van der Waals surface area contributed by atoms with E-state index >= 15 is 0 Å². The van der Waals surface area contributed by atoms with Gasteiger partial charge in [0.1, 0.15) is 36.3 Å². The van der Waals surface area contributed by atoms with Gasteiger partial charge in [-0.15, -0.1) is 0 Å². The number of amides is 7. The Morgan fingerprint density at radius 2 is 1.52 bits per heavy atom. The summed E-state index contributed by atoms with van der Waals surface area (Å²) in [6, 6.07) is 10.5. The van der Waals surface area contributed by atoms with Crippen molar-refractivity contribution < 1.29 is 33.6 Å². The molecule has 3 fully saturated rings. The van der Waals surface area contributed by atoms with Crippen molar-refractivity contribution in [3.8, 4) is 0 Å². The zero-order valence-electron chi connectivity index (χ0n) is 37.3. The van der Waals surface area contributed by atoms with Gasteiger partial charge in [0.15, 0.2) is 5.96 Å². The van der Waals surface area contributed by atoms with E-state index in [2.05, 4.69) is 41.9 Å². The second kappa shape index (κ2) is 23.6. The lowest BCUT2D eigenvalue weighted by Crippen LogP contribution is -2.60. The summed E-state index contributed by atoms with van der Waals surface area (Å²) in [5.74, 6) is -3.58. The third-order valence-electron chi connectivity index (χ3n) is 12.7. The molecule has 2 saturated heterocycles. The fourth-order valence-corrected chi connectivity index (χ4v) is 9.36. The van der Waals surface area contributed by atoms with E-state index in [4.69, 9.17) is 11.5 Å². The van der Waals surface area contributed by atoms with Crippen LogP contribution in [0.2, 0.25) is 0 Å². The summed E-state index contributed by atoms with van der Waals surface area (Å²) in [6.45, 7) is 2.16. The standard InChI is InChI=1S/C47H65N11O7/c1-29(59)53-37(25-30-13-4-2-5-14-30)42(61)55-36-20-11-22-50-41(60)35(19-10-23-51-47(48)49)54-44(63)39(27-32-28-52-34-18-9-8-17-33(32)34)56-43(62)38(26-31-15-6-3-7-16-31)57-45(64)40-21-12-24-58(40)46(36)65/h2,4-5,8-9,13-14,17-18,31,35-40H,3,6-7,10-12,15-16,19-28H2,1H3,(H,50,60)(H,53,59)(H,54,63)(H,55,61)(H,56,62)(H,57,64)(H4,48,49,51)/t35-,36+,37+,38+,39-,40-/m0/s1. The number of carbonyl (C=O) groups excluding carboxylic acids is 7. The van der Waals surface area contributed by atoms with Gasteiger partial charge in [0.05, 0.1) is 11.9 Å². The van der Waals surface area contributed by atoms with Crippen LogP contribution in [0.15, 0.2) is 64.6 Å². The summed E-state index contributed by atoms with van der Waals surface area (Å²) in [7, 11) is 0. The number of carbonyl (C=O) groups is 7. The smallest absolute Gasteiger partial charge is 0.245 e. The molecule has 2 aromatic carbocycles. The minimum Gasteiger partial charge on any atom is -0.370 e. The highest BCUT2D eigenvalue weighted by atomic mass is 16.2. The Kier molecular flexibility index (Phi) is 17.4. The molecule has 2 aromatic rings. The highest BCUT2D eigenvalue weighted by Crippen LogP contribution is 2.28. The molecule has 3 heterocycles. The maximum Gasteiger partial charge on any atom is 0.245 e. The molecule has 6 rings (SSSR count). The Balaban J connectivity index is 1.31. The second-order valence-electron chi connectivity index (χ2n) is 17.6. The lowest BCUT2D eigenvalue weighted by molar-refractivity contribution is -0.142. The minimum atomic E-state index is -1.13. The molecular formula is C47H65N11O7. The maximum absolute atomic E-state index is 14.6. The first-order chi connectivity index (χ1) is 31.4.